The van der Waals surface area contributed by atoms with Crippen LogP contribution in [-0.2, 0) is 0 Å². The molecule has 114 valence electrons. The minimum absolute atomic E-state index is 0.238. The van der Waals surface area contributed by atoms with Gasteiger partial charge < -0.3 is 9.15 Å². The smallest absolute Gasteiger partial charge is 0.434 e. The average Bonchev–Trinajstić information content (AvgIpc) is 2.90. The summed E-state index contributed by atoms with van der Waals surface area (Å²) in [5, 5.41) is 11.4. The van der Waals surface area contributed by atoms with Crippen molar-refractivity contribution in [3.8, 4) is 5.75 Å². The molecule has 0 bridgehead atoms. The maximum Gasteiger partial charge on any atom is 0.434 e. The van der Waals surface area contributed by atoms with Crippen LogP contribution in [0.5, 0.6) is 5.75 Å². The number of hydrogen-bond acceptors (Lipinski definition) is 4. The molecule has 0 atom stereocenters. The normalized spacial score (nSPS) is 10.9. The van der Waals surface area contributed by atoms with Crippen molar-refractivity contribution in [2.75, 3.05) is 6.61 Å². The van der Waals surface area contributed by atoms with Gasteiger partial charge in [0.25, 0.3) is 0 Å². The first-order valence-electron chi connectivity index (χ1n) is 7.51. The second-order valence-electron chi connectivity index (χ2n) is 5.16. The highest BCUT2D eigenvalue weighted by atomic mass is 16.6. The van der Waals surface area contributed by atoms with Crippen molar-refractivity contribution < 1.29 is 14.1 Å². The van der Waals surface area contributed by atoms with Gasteiger partial charge in [-0.1, -0.05) is 39.0 Å². The van der Waals surface area contributed by atoms with Crippen LogP contribution in [0.3, 0.4) is 0 Å². The van der Waals surface area contributed by atoms with Crippen molar-refractivity contribution in [2.24, 2.45) is 0 Å². The fourth-order valence-electron chi connectivity index (χ4n) is 2.26. The first-order chi connectivity index (χ1) is 10.2. The molecule has 0 aliphatic rings. The molecule has 21 heavy (non-hydrogen) atoms. The molecule has 1 aromatic heterocycles. The van der Waals surface area contributed by atoms with E-state index in [-0.39, 0.29) is 5.88 Å². The number of nitro groups is 1. The van der Waals surface area contributed by atoms with E-state index in [1.165, 1.54) is 38.2 Å². The molecule has 0 fully saturated rings. The third-order valence-electron chi connectivity index (χ3n) is 3.42. The summed E-state index contributed by atoms with van der Waals surface area (Å²) in [7, 11) is 0. The van der Waals surface area contributed by atoms with Crippen molar-refractivity contribution in [3.63, 3.8) is 0 Å². The zero-order valence-corrected chi connectivity index (χ0v) is 12.3. The summed E-state index contributed by atoms with van der Waals surface area (Å²) in [6.45, 7) is 2.89. The van der Waals surface area contributed by atoms with Gasteiger partial charge in [0.1, 0.15) is 16.3 Å². The van der Waals surface area contributed by atoms with E-state index in [2.05, 4.69) is 6.92 Å². The van der Waals surface area contributed by atoms with Crippen LogP contribution in [0.1, 0.15) is 45.4 Å². The zero-order valence-electron chi connectivity index (χ0n) is 12.3. The third kappa shape index (κ3) is 4.48. The second kappa shape index (κ2) is 7.67. The Balaban J connectivity index is 1.81. The highest BCUT2D eigenvalue weighted by Crippen LogP contribution is 2.28. The van der Waals surface area contributed by atoms with Gasteiger partial charge in [0.2, 0.25) is 0 Å². The molecule has 0 saturated heterocycles. The second-order valence-corrected chi connectivity index (χ2v) is 5.16. The lowest BCUT2D eigenvalue weighted by Crippen LogP contribution is -1.97. The number of ether oxygens (including phenoxy) is 1. The first-order valence-corrected chi connectivity index (χ1v) is 7.51. The number of rotatable bonds is 9. The average molecular weight is 291 g/mol. The number of nitrogens with zero attached hydrogens (tertiary/aromatic N) is 1. The lowest BCUT2D eigenvalue weighted by molar-refractivity contribution is -0.401. The molecule has 0 aliphatic heterocycles. The molecule has 0 saturated carbocycles. The Labute approximate surface area is 124 Å². The lowest BCUT2D eigenvalue weighted by Gasteiger charge is -2.05. The molecule has 1 aromatic carbocycles. The highest BCUT2D eigenvalue weighted by molar-refractivity contribution is 5.81. The van der Waals surface area contributed by atoms with Crippen molar-refractivity contribution in [1.82, 2.24) is 0 Å². The summed E-state index contributed by atoms with van der Waals surface area (Å²) in [6, 6.07) is 6.70. The molecule has 0 spiro atoms. The summed E-state index contributed by atoms with van der Waals surface area (Å²) < 4.78 is 10.8. The number of benzene rings is 1. The molecule has 2 rings (SSSR count). The zero-order chi connectivity index (χ0) is 15.1. The standard InChI is InChI=1S/C16H21NO4/c1-2-3-4-5-6-7-10-20-14-8-9-15-13(11-14)12-16(21-15)17(18)19/h8-9,11-12H,2-7,10H2,1H3. The van der Waals surface area contributed by atoms with Crippen LogP contribution in [0, 0.1) is 10.1 Å². The van der Waals surface area contributed by atoms with Gasteiger partial charge in [0, 0.05) is 5.39 Å². The third-order valence-corrected chi connectivity index (χ3v) is 3.42. The van der Waals surface area contributed by atoms with Gasteiger partial charge in [-0.3, -0.25) is 10.1 Å². The lowest BCUT2D eigenvalue weighted by atomic mass is 10.1. The fraction of sp³-hybridized carbons (Fsp3) is 0.500. The van der Waals surface area contributed by atoms with Crippen LogP contribution in [0.15, 0.2) is 28.7 Å². The molecule has 0 radical (unpaired) electrons. The van der Waals surface area contributed by atoms with Crippen LogP contribution in [-0.4, -0.2) is 11.5 Å². The van der Waals surface area contributed by atoms with E-state index < -0.39 is 4.92 Å². The van der Waals surface area contributed by atoms with E-state index in [0.717, 1.165) is 12.2 Å². The Morgan fingerprint density at radius 3 is 2.67 bits per heavy atom. The number of furan rings is 1. The van der Waals surface area contributed by atoms with Crippen LogP contribution in [0.2, 0.25) is 0 Å². The molecule has 1 heterocycles. The van der Waals surface area contributed by atoms with E-state index in [9.17, 15) is 10.1 Å². The molecular weight excluding hydrogens is 270 g/mol. The predicted molar refractivity (Wildman–Crippen MR) is 81.7 cm³/mol. The van der Waals surface area contributed by atoms with E-state index in [1.54, 1.807) is 18.2 Å². The summed E-state index contributed by atoms with van der Waals surface area (Å²) in [5.41, 5.74) is 0.508. The number of unbranched alkanes of at least 4 members (excludes halogenated alkanes) is 5. The molecular formula is C16H21NO4. The number of hydrogen-bond donors (Lipinski definition) is 0. The van der Waals surface area contributed by atoms with Crippen LogP contribution in [0.25, 0.3) is 11.0 Å². The van der Waals surface area contributed by atoms with Gasteiger partial charge in [0.15, 0.2) is 0 Å². The maximum atomic E-state index is 10.7. The van der Waals surface area contributed by atoms with Gasteiger partial charge in [-0.25, -0.2) is 0 Å². The molecule has 5 heteroatoms. The topological polar surface area (TPSA) is 65.5 Å². The Bertz CT molecular complexity index is 591. The highest BCUT2D eigenvalue weighted by Gasteiger charge is 2.13. The van der Waals surface area contributed by atoms with Crippen LogP contribution < -0.4 is 4.74 Å². The fourth-order valence-corrected chi connectivity index (χ4v) is 2.26. The molecule has 0 unspecified atom stereocenters. The molecule has 0 aliphatic carbocycles. The molecule has 0 amide bonds. The van der Waals surface area contributed by atoms with Crippen molar-refractivity contribution in [2.45, 2.75) is 45.4 Å². The Morgan fingerprint density at radius 1 is 1.14 bits per heavy atom. The van der Waals surface area contributed by atoms with Gasteiger partial charge in [0.05, 0.1) is 12.7 Å². The summed E-state index contributed by atoms with van der Waals surface area (Å²) in [4.78, 5) is 10.1. The van der Waals surface area contributed by atoms with Gasteiger partial charge in [-0.2, -0.15) is 0 Å². The Morgan fingerprint density at radius 2 is 1.90 bits per heavy atom. The van der Waals surface area contributed by atoms with E-state index >= 15 is 0 Å². The minimum Gasteiger partial charge on any atom is -0.494 e. The van der Waals surface area contributed by atoms with E-state index in [1.807, 2.05) is 0 Å². The minimum atomic E-state index is -0.531. The molecule has 2 aromatic rings. The first kappa shape index (κ1) is 15.4. The van der Waals surface area contributed by atoms with E-state index in [0.29, 0.717) is 17.6 Å². The van der Waals surface area contributed by atoms with Crippen molar-refractivity contribution in [3.05, 3.63) is 34.4 Å². The Kier molecular flexibility index (Phi) is 5.60. The van der Waals surface area contributed by atoms with Gasteiger partial charge in [-0.15, -0.1) is 0 Å². The maximum absolute atomic E-state index is 10.7. The molecule has 0 N–H and O–H groups in total. The van der Waals surface area contributed by atoms with Crippen LogP contribution in [0.4, 0.5) is 5.88 Å². The quantitative estimate of drug-likeness (QED) is 0.367. The van der Waals surface area contributed by atoms with Crippen LogP contribution >= 0.6 is 0 Å². The van der Waals surface area contributed by atoms with Crippen molar-refractivity contribution >= 4 is 16.9 Å². The Hall–Kier alpha value is -2.04. The predicted octanol–water partition coefficient (Wildman–Crippen LogP) is 5.08. The van der Waals surface area contributed by atoms with Crippen molar-refractivity contribution in [1.29, 1.82) is 0 Å². The number of fused-ring (bicyclic) bond motifs is 1. The SMILES string of the molecule is CCCCCCCCOc1ccc2oc([N+](=O)[O-])cc2c1. The van der Waals surface area contributed by atoms with E-state index in [4.69, 9.17) is 9.15 Å². The monoisotopic (exact) mass is 291 g/mol. The summed E-state index contributed by atoms with van der Waals surface area (Å²) in [5.74, 6) is 0.491. The van der Waals surface area contributed by atoms with Gasteiger partial charge in [-0.05, 0) is 24.6 Å². The summed E-state index contributed by atoms with van der Waals surface area (Å²) >= 11 is 0. The largest absolute Gasteiger partial charge is 0.494 e. The summed E-state index contributed by atoms with van der Waals surface area (Å²) in [6.07, 6.45) is 7.32. The molecule has 5 nitrogen and oxygen atoms in total. The van der Waals surface area contributed by atoms with Gasteiger partial charge >= 0.3 is 5.88 Å².